The standard InChI is InChI=1S/C21H22ClN5O3/c1-13-10-18(8-9-19(13)22)30-15(3)21(29)26-17-6-4-16(5-7-17)25-20(28)14(2)27-12-23-11-24-27/h4-12,14-15H,1-3H3,(H,25,28)(H,26,29). The van der Waals surface area contributed by atoms with Crippen LogP contribution in [0.3, 0.4) is 0 Å². The van der Waals surface area contributed by atoms with Crippen molar-refractivity contribution >= 4 is 34.8 Å². The predicted molar refractivity (Wildman–Crippen MR) is 115 cm³/mol. The number of ether oxygens (including phenoxy) is 1. The number of nitrogens with zero attached hydrogens (tertiary/aromatic N) is 3. The van der Waals surface area contributed by atoms with Crippen LogP contribution in [-0.4, -0.2) is 32.7 Å². The van der Waals surface area contributed by atoms with Crippen LogP contribution in [0.15, 0.2) is 55.1 Å². The summed E-state index contributed by atoms with van der Waals surface area (Å²) in [6.07, 6.45) is 2.16. The van der Waals surface area contributed by atoms with Gasteiger partial charge in [0.05, 0.1) is 0 Å². The molecule has 3 rings (SSSR count). The summed E-state index contributed by atoms with van der Waals surface area (Å²) in [4.78, 5) is 28.5. The molecule has 0 saturated heterocycles. The van der Waals surface area contributed by atoms with Gasteiger partial charge in [-0.1, -0.05) is 11.6 Å². The molecule has 1 heterocycles. The number of aromatic nitrogens is 3. The van der Waals surface area contributed by atoms with E-state index in [0.717, 1.165) is 5.56 Å². The lowest BCUT2D eigenvalue weighted by atomic mass is 10.2. The SMILES string of the molecule is Cc1cc(OC(C)C(=O)Nc2ccc(NC(=O)C(C)n3cncn3)cc2)ccc1Cl. The molecule has 0 radical (unpaired) electrons. The lowest BCUT2D eigenvalue weighted by Gasteiger charge is -2.16. The highest BCUT2D eigenvalue weighted by Gasteiger charge is 2.17. The largest absolute Gasteiger partial charge is 0.481 e. The van der Waals surface area contributed by atoms with Crippen molar-refractivity contribution in [1.29, 1.82) is 0 Å². The van der Waals surface area contributed by atoms with Crippen LogP contribution >= 0.6 is 11.6 Å². The Labute approximate surface area is 179 Å². The summed E-state index contributed by atoms with van der Waals surface area (Å²) in [5.74, 6) is 0.0517. The molecular weight excluding hydrogens is 406 g/mol. The Balaban J connectivity index is 1.54. The zero-order chi connectivity index (χ0) is 21.7. The van der Waals surface area contributed by atoms with E-state index in [4.69, 9.17) is 16.3 Å². The minimum atomic E-state index is -0.700. The number of anilines is 2. The van der Waals surface area contributed by atoms with Crippen molar-refractivity contribution in [2.75, 3.05) is 10.6 Å². The van der Waals surface area contributed by atoms with Gasteiger partial charge in [-0.2, -0.15) is 5.10 Å². The number of amides is 2. The Hall–Kier alpha value is -3.39. The van der Waals surface area contributed by atoms with Crippen LogP contribution in [-0.2, 0) is 9.59 Å². The summed E-state index contributed by atoms with van der Waals surface area (Å²) in [5, 5.41) is 10.2. The van der Waals surface area contributed by atoms with Gasteiger partial charge in [0, 0.05) is 16.4 Å². The van der Waals surface area contributed by atoms with Crippen LogP contribution < -0.4 is 15.4 Å². The van der Waals surface area contributed by atoms with Gasteiger partial charge < -0.3 is 15.4 Å². The first kappa shape index (κ1) is 21.3. The van der Waals surface area contributed by atoms with Crippen molar-refractivity contribution in [2.45, 2.75) is 32.9 Å². The van der Waals surface area contributed by atoms with Gasteiger partial charge in [0.15, 0.2) is 6.10 Å². The molecule has 2 unspecified atom stereocenters. The molecule has 2 amide bonds. The molecule has 30 heavy (non-hydrogen) atoms. The van der Waals surface area contributed by atoms with E-state index in [2.05, 4.69) is 20.7 Å². The molecule has 2 aromatic carbocycles. The third kappa shape index (κ3) is 5.36. The van der Waals surface area contributed by atoms with Gasteiger partial charge in [0.2, 0.25) is 5.91 Å². The van der Waals surface area contributed by atoms with E-state index in [0.29, 0.717) is 22.1 Å². The fourth-order valence-corrected chi connectivity index (χ4v) is 2.73. The first-order valence-electron chi connectivity index (χ1n) is 9.32. The topological polar surface area (TPSA) is 98.1 Å². The highest BCUT2D eigenvalue weighted by Crippen LogP contribution is 2.22. The van der Waals surface area contributed by atoms with Crippen molar-refractivity contribution in [3.8, 4) is 5.75 Å². The van der Waals surface area contributed by atoms with Crippen molar-refractivity contribution in [2.24, 2.45) is 0 Å². The smallest absolute Gasteiger partial charge is 0.265 e. The summed E-state index contributed by atoms with van der Waals surface area (Å²) < 4.78 is 7.15. The predicted octanol–water partition coefficient (Wildman–Crippen LogP) is 3.85. The highest BCUT2D eigenvalue weighted by atomic mass is 35.5. The van der Waals surface area contributed by atoms with Crippen LogP contribution in [0.25, 0.3) is 0 Å². The Morgan fingerprint density at radius 1 is 1.03 bits per heavy atom. The maximum absolute atomic E-state index is 12.4. The zero-order valence-electron chi connectivity index (χ0n) is 16.8. The van der Waals surface area contributed by atoms with E-state index in [1.165, 1.54) is 17.3 Å². The molecule has 0 bridgehead atoms. The Morgan fingerprint density at radius 2 is 1.67 bits per heavy atom. The number of aryl methyl sites for hydroxylation is 1. The van der Waals surface area contributed by atoms with Crippen molar-refractivity contribution in [3.63, 3.8) is 0 Å². The van der Waals surface area contributed by atoms with E-state index < -0.39 is 12.1 Å². The maximum atomic E-state index is 12.4. The molecule has 8 nitrogen and oxygen atoms in total. The van der Waals surface area contributed by atoms with Gasteiger partial charge in [-0.25, -0.2) is 9.67 Å². The molecule has 0 aliphatic carbocycles. The summed E-state index contributed by atoms with van der Waals surface area (Å²) in [6, 6.07) is 11.5. The average Bonchev–Trinajstić information content (AvgIpc) is 3.26. The van der Waals surface area contributed by atoms with E-state index >= 15 is 0 Å². The number of hydrogen-bond donors (Lipinski definition) is 2. The molecule has 0 aliphatic rings. The van der Waals surface area contributed by atoms with Crippen LogP contribution in [0, 0.1) is 6.92 Å². The Bertz CT molecular complexity index is 1020. The molecule has 9 heteroatoms. The fraction of sp³-hybridized carbons (Fsp3) is 0.238. The molecule has 2 atom stereocenters. The first-order valence-corrected chi connectivity index (χ1v) is 9.70. The molecule has 2 N–H and O–H groups in total. The second kappa shape index (κ2) is 9.41. The Morgan fingerprint density at radius 3 is 2.23 bits per heavy atom. The zero-order valence-corrected chi connectivity index (χ0v) is 17.6. The number of rotatable bonds is 7. The van der Waals surface area contributed by atoms with Crippen LogP contribution in [0.2, 0.25) is 5.02 Å². The summed E-state index contributed by atoms with van der Waals surface area (Å²) in [7, 11) is 0. The average molecular weight is 428 g/mol. The van der Waals surface area contributed by atoms with Crippen LogP contribution in [0.1, 0.15) is 25.5 Å². The molecule has 0 spiro atoms. The summed E-state index contributed by atoms with van der Waals surface area (Å²) >= 11 is 6.01. The summed E-state index contributed by atoms with van der Waals surface area (Å²) in [6.45, 7) is 5.26. The summed E-state index contributed by atoms with van der Waals surface area (Å²) in [5.41, 5.74) is 2.06. The van der Waals surface area contributed by atoms with Crippen molar-refractivity contribution in [3.05, 3.63) is 65.7 Å². The molecule has 0 saturated carbocycles. The van der Waals surface area contributed by atoms with Crippen LogP contribution in [0.5, 0.6) is 5.75 Å². The van der Waals surface area contributed by atoms with Crippen molar-refractivity contribution < 1.29 is 14.3 Å². The second-order valence-corrected chi connectivity index (χ2v) is 7.19. The number of hydrogen-bond acceptors (Lipinski definition) is 5. The van der Waals surface area contributed by atoms with Gasteiger partial charge in [0.25, 0.3) is 5.91 Å². The Kier molecular flexibility index (Phi) is 6.68. The van der Waals surface area contributed by atoms with E-state index in [9.17, 15) is 9.59 Å². The number of halogens is 1. The maximum Gasteiger partial charge on any atom is 0.265 e. The molecule has 1 aromatic heterocycles. The minimum Gasteiger partial charge on any atom is -0.481 e. The van der Waals surface area contributed by atoms with E-state index in [1.54, 1.807) is 56.3 Å². The number of nitrogens with one attached hydrogen (secondary N) is 2. The van der Waals surface area contributed by atoms with E-state index in [1.807, 2.05) is 6.92 Å². The monoisotopic (exact) mass is 427 g/mol. The number of carbonyl (C=O) groups excluding carboxylic acids is 2. The van der Waals surface area contributed by atoms with Gasteiger partial charge in [-0.15, -0.1) is 0 Å². The lowest BCUT2D eigenvalue weighted by molar-refractivity contribution is -0.122. The fourth-order valence-electron chi connectivity index (χ4n) is 2.61. The quantitative estimate of drug-likeness (QED) is 0.596. The normalized spacial score (nSPS) is 12.7. The van der Waals surface area contributed by atoms with Gasteiger partial charge in [-0.3, -0.25) is 9.59 Å². The van der Waals surface area contributed by atoms with Gasteiger partial charge in [-0.05, 0) is 68.8 Å². The van der Waals surface area contributed by atoms with Crippen LogP contribution in [0.4, 0.5) is 11.4 Å². The molecule has 156 valence electrons. The highest BCUT2D eigenvalue weighted by molar-refractivity contribution is 6.31. The lowest BCUT2D eigenvalue weighted by Crippen LogP contribution is -2.30. The van der Waals surface area contributed by atoms with Crippen molar-refractivity contribution in [1.82, 2.24) is 14.8 Å². The molecule has 3 aromatic rings. The van der Waals surface area contributed by atoms with Gasteiger partial charge in [0.1, 0.15) is 24.4 Å². The molecule has 0 fully saturated rings. The number of carbonyl (C=O) groups is 2. The van der Waals surface area contributed by atoms with Gasteiger partial charge >= 0.3 is 0 Å². The third-order valence-electron chi connectivity index (χ3n) is 4.44. The third-order valence-corrected chi connectivity index (χ3v) is 4.87. The second-order valence-electron chi connectivity index (χ2n) is 6.78. The molecular formula is C21H22ClN5O3. The first-order chi connectivity index (χ1) is 14.3. The van der Waals surface area contributed by atoms with E-state index in [-0.39, 0.29) is 11.8 Å². The minimum absolute atomic E-state index is 0.224. The number of benzene rings is 2. The molecule has 0 aliphatic heterocycles.